The second-order valence-electron chi connectivity index (χ2n) is 4.00. The van der Waals surface area contributed by atoms with Gasteiger partial charge < -0.3 is 9.64 Å². The van der Waals surface area contributed by atoms with Gasteiger partial charge in [-0.2, -0.15) is 0 Å². The van der Waals surface area contributed by atoms with E-state index in [1.165, 1.54) is 5.57 Å². The lowest BCUT2D eigenvalue weighted by molar-refractivity contribution is -0.146. The molecule has 0 saturated carbocycles. The molecule has 0 aromatic carbocycles. The molecule has 0 aromatic heterocycles. The highest BCUT2D eigenvalue weighted by molar-refractivity contribution is 5.75. The first-order chi connectivity index (χ1) is 7.19. The van der Waals surface area contributed by atoms with Crippen LogP contribution in [0.1, 0.15) is 26.7 Å². The summed E-state index contributed by atoms with van der Waals surface area (Å²) < 4.78 is 5.08. The molecule has 1 aliphatic heterocycles. The van der Waals surface area contributed by atoms with Gasteiger partial charge in [-0.1, -0.05) is 18.6 Å². The lowest BCUT2D eigenvalue weighted by Crippen LogP contribution is -2.29. The topological polar surface area (TPSA) is 29.5 Å². The Morgan fingerprint density at radius 2 is 2.33 bits per heavy atom. The van der Waals surface area contributed by atoms with E-state index < -0.39 is 0 Å². The monoisotopic (exact) mass is 211 g/mol. The van der Waals surface area contributed by atoms with Crippen molar-refractivity contribution in [3.8, 4) is 0 Å². The molecule has 0 N–H and O–H groups in total. The molecule has 1 rings (SSSR count). The molecule has 1 atom stereocenters. The van der Waals surface area contributed by atoms with Crippen LogP contribution in [-0.2, 0) is 9.53 Å². The van der Waals surface area contributed by atoms with Gasteiger partial charge >= 0.3 is 5.97 Å². The molecule has 0 radical (unpaired) electrons. The average molecular weight is 211 g/mol. The summed E-state index contributed by atoms with van der Waals surface area (Å²) in [5, 5.41) is 0. The fourth-order valence-corrected chi connectivity index (χ4v) is 1.93. The Morgan fingerprint density at radius 3 is 2.80 bits per heavy atom. The first-order valence-electron chi connectivity index (χ1n) is 5.73. The lowest BCUT2D eigenvalue weighted by Gasteiger charge is -2.25. The van der Waals surface area contributed by atoms with Crippen molar-refractivity contribution in [1.82, 2.24) is 4.90 Å². The zero-order valence-corrected chi connectivity index (χ0v) is 9.95. The van der Waals surface area contributed by atoms with Gasteiger partial charge in [0.15, 0.2) is 0 Å². The van der Waals surface area contributed by atoms with Gasteiger partial charge in [0.1, 0.15) is 0 Å². The van der Waals surface area contributed by atoms with Crippen LogP contribution in [0.15, 0.2) is 11.6 Å². The SMILES string of the molecule is CCOC(=O)C(CC)C1=CCN(C)CC1. The number of hydrogen-bond acceptors (Lipinski definition) is 3. The molecular formula is C12H21NO2. The summed E-state index contributed by atoms with van der Waals surface area (Å²) >= 11 is 0. The van der Waals surface area contributed by atoms with Gasteiger partial charge in [0.25, 0.3) is 0 Å². The van der Waals surface area contributed by atoms with E-state index in [0.717, 1.165) is 25.9 Å². The van der Waals surface area contributed by atoms with Crippen molar-refractivity contribution in [2.75, 3.05) is 26.7 Å². The summed E-state index contributed by atoms with van der Waals surface area (Å²) in [6.07, 6.45) is 4.01. The van der Waals surface area contributed by atoms with Gasteiger partial charge in [0.2, 0.25) is 0 Å². The number of carbonyl (C=O) groups excluding carboxylic acids is 1. The van der Waals surface area contributed by atoms with Crippen LogP contribution in [0.2, 0.25) is 0 Å². The van der Waals surface area contributed by atoms with Gasteiger partial charge in [0, 0.05) is 13.1 Å². The normalized spacial score (nSPS) is 19.5. The highest BCUT2D eigenvalue weighted by Crippen LogP contribution is 2.23. The van der Waals surface area contributed by atoms with Crippen LogP contribution in [0.25, 0.3) is 0 Å². The van der Waals surface area contributed by atoms with Crippen molar-refractivity contribution in [2.24, 2.45) is 5.92 Å². The maximum Gasteiger partial charge on any atom is 0.313 e. The summed E-state index contributed by atoms with van der Waals surface area (Å²) in [6.45, 7) is 6.36. The molecule has 3 heteroatoms. The molecule has 0 bridgehead atoms. The van der Waals surface area contributed by atoms with E-state index in [1.807, 2.05) is 13.8 Å². The van der Waals surface area contributed by atoms with Crippen LogP contribution in [0.3, 0.4) is 0 Å². The first kappa shape index (κ1) is 12.2. The van der Waals surface area contributed by atoms with E-state index in [1.54, 1.807) is 0 Å². The largest absolute Gasteiger partial charge is 0.466 e. The molecule has 15 heavy (non-hydrogen) atoms. The Bertz CT molecular complexity index is 248. The Balaban J connectivity index is 2.62. The minimum atomic E-state index is -0.0594. The Hall–Kier alpha value is -0.830. The molecule has 0 aliphatic carbocycles. The van der Waals surface area contributed by atoms with Crippen LogP contribution in [-0.4, -0.2) is 37.6 Å². The first-order valence-corrected chi connectivity index (χ1v) is 5.73. The number of hydrogen-bond donors (Lipinski definition) is 0. The summed E-state index contributed by atoms with van der Waals surface area (Å²) in [5.74, 6) is -0.0746. The molecule has 0 spiro atoms. The van der Waals surface area contributed by atoms with E-state index >= 15 is 0 Å². The molecule has 0 fully saturated rings. The number of likely N-dealkylation sites (N-methyl/N-ethyl adjacent to an activating group) is 1. The second-order valence-corrected chi connectivity index (χ2v) is 4.00. The lowest BCUT2D eigenvalue weighted by atomic mass is 9.91. The Morgan fingerprint density at radius 1 is 1.60 bits per heavy atom. The van der Waals surface area contributed by atoms with Crippen molar-refractivity contribution in [2.45, 2.75) is 26.7 Å². The number of ether oxygens (including phenoxy) is 1. The highest BCUT2D eigenvalue weighted by Gasteiger charge is 2.23. The van der Waals surface area contributed by atoms with E-state index in [9.17, 15) is 4.79 Å². The zero-order chi connectivity index (χ0) is 11.3. The van der Waals surface area contributed by atoms with Crippen molar-refractivity contribution in [3.05, 3.63) is 11.6 Å². The molecule has 0 saturated heterocycles. The Kier molecular flexibility index (Phi) is 4.82. The molecule has 0 amide bonds. The molecule has 0 aromatic rings. The molecule has 1 aliphatic rings. The number of carbonyl (C=O) groups is 1. The summed E-state index contributed by atoms with van der Waals surface area (Å²) in [5.41, 5.74) is 1.26. The number of esters is 1. The maximum atomic E-state index is 11.7. The van der Waals surface area contributed by atoms with Crippen LogP contribution < -0.4 is 0 Å². The van der Waals surface area contributed by atoms with Gasteiger partial charge in [-0.05, 0) is 26.8 Å². The second kappa shape index (κ2) is 5.91. The fourth-order valence-electron chi connectivity index (χ4n) is 1.93. The van der Waals surface area contributed by atoms with Crippen molar-refractivity contribution < 1.29 is 9.53 Å². The molecule has 1 unspecified atom stereocenters. The maximum absolute atomic E-state index is 11.7. The van der Waals surface area contributed by atoms with Crippen LogP contribution in [0, 0.1) is 5.92 Å². The smallest absolute Gasteiger partial charge is 0.313 e. The van der Waals surface area contributed by atoms with E-state index in [2.05, 4.69) is 18.0 Å². The summed E-state index contributed by atoms with van der Waals surface area (Å²) in [7, 11) is 2.10. The van der Waals surface area contributed by atoms with E-state index in [-0.39, 0.29) is 11.9 Å². The standard InChI is InChI=1S/C12H21NO2/c1-4-11(12(14)15-5-2)10-6-8-13(3)9-7-10/h6,11H,4-5,7-9H2,1-3H3. The third kappa shape index (κ3) is 3.34. The predicted octanol–water partition coefficient (Wildman–Crippen LogP) is 1.84. The van der Waals surface area contributed by atoms with Crippen LogP contribution in [0.4, 0.5) is 0 Å². The zero-order valence-electron chi connectivity index (χ0n) is 9.95. The number of nitrogens with zero attached hydrogens (tertiary/aromatic N) is 1. The quantitative estimate of drug-likeness (QED) is 0.525. The number of rotatable bonds is 4. The minimum absolute atomic E-state index is 0.0151. The van der Waals surface area contributed by atoms with Gasteiger partial charge in [-0.15, -0.1) is 0 Å². The predicted molar refractivity (Wildman–Crippen MR) is 60.6 cm³/mol. The average Bonchev–Trinajstić information content (AvgIpc) is 2.22. The van der Waals surface area contributed by atoms with Crippen LogP contribution >= 0.6 is 0 Å². The third-order valence-electron chi connectivity index (χ3n) is 2.87. The Labute approximate surface area is 92.1 Å². The summed E-state index contributed by atoms with van der Waals surface area (Å²) in [4.78, 5) is 13.9. The fraction of sp³-hybridized carbons (Fsp3) is 0.750. The molecule has 3 nitrogen and oxygen atoms in total. The van der Waals surface area contributed by atoms with Crippen LogP contribution in [0.5, 0.6) is 0 Å². The van der Waals surface area contributed by atoms with E-state index in [4.69, 9.17) is 4.74 Å². The van der Waals surface area contributed by atoms with Crippen molar-refractivity contribution >= 4 is 5.97 Å². The van der Waals surface area contributed by atoms with Gasteiger partial charge in [-0.3, -0.25) is 4.79 Å². The van der Waals surface area contributed by atoms with Gasteiger partial charge in [0.05, 0.1) is 12.5 Å². The molecule has 1 heterocycles. The highest BCUT2D eigenvalue weighted by atomic mass is 16.5. The molecular weight excluding hydrogens is 190 g/mol. The van der Waals surface area contributed by atoms with Crippen molar-refractivity contribution in [1.29, 1.82) is 0 Å². The third-order valence-corrected chi connectivity index (χ3v) is 2.87. The minimum Gasteiger partial charge on any atom is -0.466 e. The van der Waals surface area contributed by atoms with Gasteiger partial charge in [-0.25, -0.2) is 0 Å². The molecule has 86 valence electrons. The van der Waals surface area contributed by atoms with Crippen molar-refractivity contribution in [3.63, 3.8) is 0 Å². The van der Waals surface area contributed by atoms with E-state index in [0.29, 0.717) is 6.61 Å². The summed E-state index contributed by atoms with van der Waals surface area (Å²) in [6, 6.07) is 0.